The van der Waals surface area contributed by atoms with E-state index in [0.717, 1.165) is 19.3 Å². The molecular weight excluding hydrogens is 374 g/mol. The highest BCUT2D eigenvalue weighted by atomic mass is 35.5. The third kappa shape index (κ3) is 5.67. The fourth-order valence-corrected chi connectivity index (χ4v) is 4.46. The van der Waals surface area contributed by atoms with Crippen molar-refractivity contribution in [2.45, 2.75) is 44.0 Å². The molecule has 0 bridgehead atoms. The number of halogens is 1. The van der Waals surface area contributed by atoms with Crippen LogP contribution in [0.3, 0.4) is 0 Å². The Morgan fingerprint density at radius 3 is 2.38 bits per heavy atom. The fourth-order valence-electron chi connectivity index (χ4n) is 2.97. The Morgan fingerprint density at radius 1 is 1.27 bits per heavy atom. The molecule has 0 aromatic heterocycles. The molecule has 2 atom stereocenters. The van der Waals surface area contributed by atoms with Crippen molar-refractivity contribution in [2.24, 2.45) is 17.6 Å². The molecular formula is C18H30ClN3O3S. The number of carbonyl (C=O) groups is 1. The maximum atomic E-state index is 12.6. The minimum Gasteiger partial charge on any atom is -0.354 e. The van der Waals surface area contributed by atoms with Crippen LogP contribution in [-0.4, -0.2) is 44.3 Å². The first-order valence-electron chi connectivity index (χ1n) is 8.94. The molecule has 1 saturated heterocycles. The molecule has 6 nitrogen and oxygen atoms in total. The Bertz CT molecular complexity index is 662. The van der Waals surface area contributed by atoms with Crippen molar-refractivity contribution in [1.29, 1.82) is 0 Å². The highest BCUT2D eigenvalue weighted by Crippen LogP contribution is 2.23. The van der Waals surface area contributed by atoms with Crippen LogP contribution in [0.5, 0.6) is 0 Å². The minimum atomic E-state index is -3.42. The molecule has 148 valence electrons. The zero-order valence-electron chi connectivity index (χ0n) is 15.4. The SMILES string of the molecule is CCC(C)C(N)C(=O)NCC1CCN(S(=O)(=O)c2ccccc2)CC1.Cl. The molecule has 3 N–H and O–H groups in total. The van der Waals surface area contributed by atoms with E-state index in [2.05, 4.69) is 5.32 Å². The average Bonchev–Trinajstić information content (AvgIpc) is 2.65. The second-order valence-corrected chi connectivity index (χ2v) is 8.75. The Hall–Kier alpha value is -1.15. The summed E-state index contributed by atoms with van der Waals surface area (Å²) in [6, 6.07) is 8.03. The summed E-state index contributed by atoms with van der Waals surface area (Å²) < 4.78 is 26.7. The third-order valence-corrected chi connectivity index (χ3v) is 6.99. The monoisotopic (exact) mass is 403 g/mol. The molecule has 8 heteroatoms. The molecule has 0 saturated carbocycles. The molecule has 1 aliphatic rings. The van der Waals surface area contributed by atoms with Crippen LogP contribution < -0.4 is 11.1 Å². The summed E-state index contributed by atoms with van der Waals surface area (Å²) in [4.78, 5) is 12.4. The van der Waals surface area contributed by atoms with E-state index in [1.165, 1.54) is 4.31 Å². The predicted molar refractivity (Wildman–Crippen MR) is 106 cm³/mol. The van der Waals surface area contributed by atoms with Crippen LogP contribution in [0.1, 0.15) is 33.1 Å². The minimum absolute atomic E-state index is 0. The van der Waals surface area contributed by atoms with Gasteiger partial charge in [0.1, 0.15) is 0 Å². The number of benzene rings is 1. The number of amides is 1. The van der Waals surface area contributed by atoms with Gasteiger partial charge in [0.15, 0.2) is 0 Å². The van der Waals surface area contributed by atoms with Gasteiger partial charge in [-0.3, -0.25) is 4.79 Å². The van der Waals surface area contributed by atoms with Crippen molar-refractivity contribution in [3.05, 3.63) is 30.3 Å². The Labute approximate surface area is 163 Å². The third-order valence-electron chi connectivity index (χ3n) is 5.08. The summed E-state index contributed by atoms with van der Waals surface area (Å²) in [5.41, 5.74) is 5.93. The molecule has 1 heterocycles. The van der Waals surface area contributed by atoms with Gasteiger partial charge in [-0.05, 0) is 36.8 Å². The molecule has 2 rings (SSSR count). The lowest BCUT2D eigenvalue weighted by Crippen LogP contribution is -2.47. The zero-order chi connectivity index (χ0) is 18.4. The number of nitrogens with two attached hydrogens (primary N) is 1. The zero-order valence-corrected chi connectivity index (χ0v) is 17.1. The lowest BCUT2D eigenvalue weighted by molar-refractivity contribution is -0.123. The van der Waals surface area contributed by atoms with E-state index in [9.17, 15) is 13.2 Å². The highest BCUT2D eigenvalue weighted by Gasteiger charge is 2.29. The first-order chi connectivity index (χ1) is 11.9. The van der Waals surface area contributed by atoms with Crippen LogP contribution in [-0.2, 0) is 14.8 Å². The average molecular weight is 404 g/mol. The van der Waals surface area contributed by atoms with Crippen LogP contribution in [0, 0.1) is 11.8 Å². The number of piperidine rings is 1. The second-order valence-electron chi connectivity index (χ2n) is 6.82. The summed E-state index contributed by atoms with van der Waals surface area (Å²) in [5, 5.41) is 2.92. The summed E-state index contributed by atoms with van der Waals surface area (Å²) in [6.45, 7) is 5.50. The van der Waals surface area contributed by atoms with Crippen molar-refractivity contribution < 1.29 is 13.2 Å². The molecule has 0 aliphatic carbocycles. The van der Waals surface area contributed by atoms with E-state index in [1.54, 1.807) is 30.3 Å². The lowest BCUT2D eigenvalue weighted by atomic mass is 9.96. The first-order valence-corrected chi connectivity index (χ1v) is 10.4. The van der Waals surface area contributed by atoms with E-state index in [-0.39, 0.29) is 30.2 Å². The summed E-state index contributed by atoms with van der Waals surface area (Å²) >= 11 is 0. The molecule has 1 fully saturated rings. The normalized spacial score (nSPS) is 18.6. The molecule has 1 amide bonds. The van der Waals surface area contributed by atoms with E-state index < -0.39 is 16.1 Å². The quantitative estimate of drug-likeness (QED) is 0.728. The number of nitrogens with one attached hydrogen (secondary N) is 1. The summed E-state index contributed by atoms with van der Waals surface area (Å²) in [7, 11) is -3.42. The molecule has 0 radical (unpaired) electrons. The van der Waals surface area contributed by atoms with Crippen LogP contribution in [0.25, 0.3) is 0 Å². The van der Waals surface area contributed by atoms with Crippen LogP contribution in [0.15, 0.2) is 35.2 Å². The second kappa shape index (κ2) is 10.3. The van der Waals surface area contributed by atoms with Crippen molar-refractivity contribution in [3.63, 3.8) is 0 Å². The Balaban J connectivity index is 0.00000338. The number of nitrogens with zero attached hydrogens (tertiary/aromatic N) is 1. The van der Waals surface area contributed by atoms with Crippen molar-refractivity contribution in [1.82, 2.24) is 9.62 Å². The predicted octanol–water partition coefficient (Wildman–Crippen LogP) is 2.00. The molecule has 1 aliphatic heterocycles. The van der Waals surface area contributed by atoms with Gasteiger partial charge in [-0.25, -0.2) is 8.42 Å². The molecule has 1 aromatic carbocycles. The number of sulfonamides is 1. The van der Waals surface area contributed by atoms with Gasteiger partial charge in [0.05, 0.1) is 10.9 Å². The standard InChI is InChI=1S/C18H29N3O3S.ClH/c1-3-14(2)17(19)18(22)20-13-15-9-11-21(12-10-15)25(23,24)16-7-5-4-6-8-16;/h4-8,14-15,17H,3,9-13,19H2,1-2H3,(H,20,22);1H. The largest absolute Gasteiger partial charge is 0.354 e. The molecule has 1 aromatic rings. The van der Waals surface area contributed by atoms with Gasteiger partial charge in [0.25, 0.3) is 0 Å². The first kappa shape index (κ1) is 22.9. The molecule has 2 unspecified atom stereocenters. The van der Waals surface area contributed by atoms with E-state index in [1.807, 2.05) is 13.8 Å². The van der Waals surface area contributed by atoms with Gasteiger partial charge >= 0.3 is 0 Å². The summed E-state index contributed by atoms with van der Waals surface area (Å²) in [5.74, 6) is 0.321. The van der Waals surface area contributed by atoms with E-state index >= 15 is 0 Å². The maximum absolute atomic E-state index is 12.6. The van der Waals surface area contributed by atoms with Gasteiger partial charge in [-0.1, -0.05) is 38.5 Å². The van der Waals surface area contributed by atoms with E-state index in [4.69, 9.17) is 5.73 Å². The van der Waals surface area contributed by atoms with Gasteiger partial charge in [-0.15, -0.1) is 12.4 Å². The van der Waals surface area contributed by atoms with Crippen molar-refractivity contribution >= 4 is 28.3 Å². The fraction of sp³-hybridized carbons (Fsp3) is 0.611. The van der Waals surface area contributed by atoms with Crippen molar-refractivity contribution in [3.8, 4) is 0 Å². The maximum Gasteiger partial charge on any atom is 0.243 e. The van der Waals surface area contributed by atoms with Crippen molar-refractivity contribution in [2.75, 3.05) is 19.6 Å². The van der Waals surface area contributed by atoms with E-state index in [0.29, 0.717) is 24.5 Å². The lowest BCUT2D eigenvalue weighted by Gasteiger charge is -2.31. The van der Waals surface area contributed by atoms with Crippen LogP contribution in [0.2, 0.25) is 0 Å². The number of hydrogen-bond donors (Lipinski definition) is 2. The van der Waals surface area contributed by atoms with Gasteiger partial charge in [0.2, 0.25) is 15.9 Å². The van der Waals surface area contributed by atoms with Crippen LogP contribution in [0.4, 0.5) is 0 Å². The Morgan fingerprint density at radius 2 is 1.85 bits per heavy atom. The van der Waals surface area contributed by atoms with Gasteiger partial charge in [-0.2, -0.15) is 4.31 Å². The Kier molecular flexibility index (Phi) is 9.03. The van der Waals surface area contributed by atoms with Gasteiger partial charge < -0.3 is 11.1 Å². The topological polar surface area (TPSA) is 92.5 Å². The summed E-state index contributed by atoms with van der Waals surface area (Å²) in [6.07, 6.45) is 2.35. The number of rotatable bonds is 7. The molecule has 0 spiro atoms. The van der Waals surface area contributed by atoms with Crippen LogP contribution >= 0.6 is 12.4 Å². The van der Waals surface area contributed by atoms with Gasteiger partial charge in [0, 0.05) is 19.6 Å². The smallest absolute Gasteiger partial charge is 0.243 e. The molecule has 26 heavy (non-hydrogen) atoms. The number of hydrogen-bond acceptors (Lipinski definition) is 4. The number of carbonyl (C=O) groups excluding carboxylic acids is 1. The highest BCUT2D eigenvalue weighted by molar-refractivity contribution is 7.89.